The summed E-state index contributed by atoms with van der Waals surface area (Å²) in [6, 6.07) is 6.28. The van der Waals surface area contributed by atoms with Gasteiger partial charge in [-0.2, -0.15) is 0 Å². The third-order valence-corrected chi connectivity index (χ3v) is 4.10. The van der Waals surface area contributed by atoms with Crippen LogP contribution in [0.3, 0.4) is 0 Å². The molecule has 7 heteroatoms. The Morgan fingerprint density at radius 1 is 1.43 bits per heavy atom. The Morgan fingerprint density at radius 2 is 2.14 bits per heavy atom. The summed E-state index contributed by atoms with van der Waals surface area (Å²) < 4.78 is 14.5. The Kier molecular flexibility index (Phi) is 5.32. The molecule has 1 heterocycles. The van der Waals surface area contributed by atoms with Crippen molar-refractivity contribution in [2.24, 2.45) is 7.05 Å². The van der Waals surface area contributed by atoms with Crippen LogP contribution in [0.1, 0.15) is 12.5 Å². The van der Waals surface area contributed by atoms with Crippen molar-refractivity contribution in [1.29, 1.82) is 0 Å². The quantitative estimate of drug-likeness (QED) is 0.827. The van der Waals surface area contributed by atoms with Gasteiger partial charge < -0.3 is 9.88 Å². The molecule has 1 amide bonds. The van der Waals surface area contributed by atoms with E-state index < -0.39 is 0 Å². The summed E-state index contributed by atoms with van der Waals surface area (Å²) in [7, 11) is 1.83. The molecule has 0 saturated carbocycles. The Balaban J connectivity index is 1.76. The molecule has 1 N–H and O–H groups in total. The standard InChI is InChI=1S/C14H17FN4OS/c1-10(21-14-18-17-9-19(14)2)13(20)16-8-7-11-3-5-12(15)6-4-11/h3-6,9-10H,7-8H2,1-2H3,(H,16,20). The molecule has 2 rings (SSSR count). The molecule has 0 spiro atoms. The van der Waals surface area contributed by atoms with Crippen molar-refractivity contribution in [3.8, 4) is 0 Å². The smallest absolute Gasteiger partial charge is 0.233 e. The SMILES string of the molecule is CC(Sc1nncn1C)C(=O)NCCc1ccc(F)cc1. The molecule has 21 heavy (non-hydrogen) atoms. The average Bonchev–Trinajstić information content (AvgIpc) is 2.86. The second-order valence-electron chi connectivity index (χ2n) is 4.65. The van der Waals surface area contributed by atoms with Gasteiger partial charge in [0.2, 0.25) is 5.91 Å². The number of nitrogens with zero attached hydrogens (tertiary/aromatic N) is 3. The number of aryl methyl sites for hydroxylation is 1. The number of hydrogen-bond donors (Lipinski definition) is 1. The number of rotatable bonds is 6. The van der Waals surface area contributed by atoms with Crippen LogP contribution in [0.15, 0.2) is 35.7 Å². The van der Waals surface area contributed by atoms with Gasteiger partial charge in [-0.15, -0.1) is 10.2 Å². The first kappa shape index (κ1) is 15.5. The van der Waals surface area contributed by atoms with Crippen molar-refractivity contribution in [2.45, 2.75) is 23.8 Å². The molecule has 0 aliphatic carbocycles. The summed E-state index contributed by atoms with van der Waals surface area (Å²) in [5.74, 6) is -0.304. The number of amides is 1. The molecule has 2 aromatic rings. The van der Waals surface area contributed by atoms with E-state index in [-0.39, 0.29) is 17.0 Å². The highest BCUT2D eigenvalue weighted by molar-refractivity contribution is 8.00. The lowest BCUT2D eigenvalue weighted by atomic mass is 10.1. The van der Waals surface area contributed by atoms with Crippen LogP contribution in [-0.4, -0.2) is 32.5 Å². The predicted molar refractivity (Wildman–Crippen MR) is 79.4 cm³/mol. The lowest BCUT2D eigenvalue weighted by molar-refractivity contribution is -0.120. The van der Waals surface area contributed by atoms with Gasteiger partial charge >= 0.3 is 0 Å². The third-order valence-electron chi connectivity index (χ3n) is 2.95. The average molecular weight is 308 g/mol. The van der Waals surface area contributed by atoms with Gasteiger partial charge in [0.05, 0.1) is 5.25 Å². The van der Waals surface area contributed by atoms with E-state index in [9.17, 15) is 9.18 Å². The van der Waals surface area contributed by atoms with Gasteiger partial charge in [-0.25, -0.2) is 4.39 Å². The Hall–Kier alpha value is -1.89. The third kappa shape index (κ3) is 4.56. The molecular weight excluding hydrogens is 291 g/mol. The van der Waals surface area contributed by atoms with Gasteiger partial charge in [0.1, 0.15) is 12.1 Å². The molecule has 0 aliphatic heterocycles. The molecule has 0 radical (unpaired) electrons. The fourth-order valence-electron chi connectivity index (χ4n) is 1.72. The van der Waals surface area contributed by atoms with E-state index in [0.29, 0.717) is 18.1 Å². The van der Waals surface area contributed by atoms with Gasteiger partial charge in [-0.3, -0.25) is 4.79 Å². The second kappa shape index (κ2) is 7.21. The van der Waals surface area contributed by atoms with E-state index >= 15 is 0 Å². The van der Waals surface area contributed by atoms with Crippen molar-refractivity contribution in [1.82, 2.24) is 20.1 Å². The van der Waals surface area contributed by atoms with E-state index in [1.807, 2.05) is 14.0 Å². The molecule has 1 aromatic carbocycles. The maximum absolute atomic E-state index is 12.8. The summed E-state index contributed by atoms with van der Waals surface area (Å²) in [4.78, 5) is 12.0. The van der Waals surface area contributed by atoms with Crippen molar-refractivity contribution in [3.05, 3.63) is 42.0 Å². The molecule has 1 aromatic heterocycles. The number of carbonyl (C=O) groups is 1. The topological polar surface area (TPSA) is 59.8 Å². The lowest BCUT2D eigenvalue weighted by Gasteiger charge is -2.11. The fraction of sp³-hybridized carbons (Fsp3) is 0.357. The largest absolute Gasteiger partial charge is 0.355 e. The first-order valence-corrected chi connectivity index (χ1v) is 7.47. The van der Waals surface area contributed by atoms with Crippen molar-refractivity contribution < 1.29 is 9.18 Å². The van der Waals surface area contributed by atoms with E-state index in [0.717, 1.165) is 5.56 Å². The minimum atomic E-state index is -0.253. The maximum Gasteiger partial charge on any atom is 0.233 e. The van der Waals surface area contributed by atoms with Gasteiger partial charge in [0, 0.05) is 13.6 Å². The van der Waals surface area contributed by atoms with E-state index in [2.05, 4.69) is 15.5 Å². The summed E-state index contributed by atoms with van der Waals surface area (Å²) in [6.45, 7) is 2.35. The molecule has 0 aliphatic rings. The molecule has 112 valence electrons. The van der Waals surface area contributed by atoms with Gasteiger partial charge in [-0.05, 0) is 31.0 Å². The number of benzene rings is 1. The number of nitrogens with one attached hydrogen (secondary N) is 1. The van der Waals surface area contributed by atoms with Crippen LogP contribution in [0.25, 0.3) is 0 Å². The van der Waals surface area contributed by atoms with Crippen LogP contribution in [0.2, 0.25) is 0 Å². The van der Waals surface area contributed by atoms with Crippen molar-refractivity contribution in [2.75, 3.05) is 6.54 Å². The highest BCUT2D eigenvalue weighted by atomic mass is 32.2. The van der Waals surface area contributed by atoms with Crippen molar-refractivity contribution >= 4 is 17.7 Å². The van der Waals surface area contributed by atoms with E-state index in [1.165, 1.54) is 23.9 Å². The minimum Gasteiger partial charge on any atom is -0.355 e. The van der Waals surface area contributed by atoms with Crippen molar-refractivity contribution in [3.63, 3.8) is 0 Å². The maximum atomic E-state index is 12.8. The zero-order valence-electron chi connectivity index (χ0n) is 11.9. The monoisotopic (exact) mass is 308 g/mol. The Bertz CT molecular complexity index is 599. The predicted octanol–water partition coefficient (Wildman–Crippen LogP) is 1.79. The number of hydrogen-bond acceptors (Lipinski definition) is 4. The highest BCUT2D eigenvalue weighted by Crippen LogP contribution is 2.19. The van der Waals surface area contributed by atoms with Crippen LogP contribution in [0.5, 0.6) is 0 Å². The van der Waals surface area contributed by atoms with Gasteiger partial charge in [0.15, 0.2) is 5.16 Å². The van der Waals surface area contributed by atoms with Crippen LogP contribution in [0, 0.1) is 5.82 Å². The molecule has 0 saturated heterocycles. The number of carbonyl (C=O) groups excluding carboxylic acids is 1. The zero-order chi connectivity index (χ0) is 15.2. The zero-order valence-corrected chi connectivity index (χ0v) is 12.7. The van der Waals surface area contributed by atoms with Gasteiger partial charge in [-0.1, -0.05) is 23.9 Å². The Labute approximate surface area is 127 Å². The van der Waals surface area contributed by atoms with Crippen LogP contribution in [-0.2, 0) is 18.3 Å². The molecule has 5 nitrogen and oxygen atoms in total. The van der Waals surface area contributed by atoms with Gasteiger partial charge in [0.25, 0.3) is 0 Å². The normalized spacial score (nSPS) is 12.1. The Morgan fingerprint density at radius 3 is 2.76 bits per heavy atom. The summed E-state index contributed by atoms with van der Waals surface area (Å²) >= 11 is 1.36. The number of aromatic nitrogens is 3. The van der Waals surface area contributed by atoms with E-state index in [1.54, 1.807) is 23.0 Å². The molecular formula is C14H17FN4OS. The fourth-order valence-corrected chi connectivity index (χ4v) is 2.53. The summed E-state index contributed by atoms with van der Waals surface area (Å²) in [6.07, 6.45) is 2.27. The summed E-state index contributed by atoms with van der Waals surface area (Å²) in [5.41, 5.74) is 0.991. The minimum absolute atomic E-state index is 0.0508. The molecule has 0 bridgehead atoms. The molecule has 1 unspecified atom stereocenters. The van der Waals surface area contributed by atoms with E-state index in [4.69, 9.17) is 0 Å². The van der Waals surface area contributed by atoms with Crippen LogP contribution in [0.4, 0.5) is 4.39 Å². The number of halogens is 1. The second-order valence-corrected chi connectivity index (χ2v) is 5.96. The first-order valence-electron chi connectivity index (χ1n) is 6.59. The number of thioether (sulfide) groups is 1. The first-order chi connectivity index (χ1) is 10.1. The van der Waals surface area contributed by atoms with Crippen LogP contribution >= 0.6 is 11.8 Å². The molecule has 1 atom stereocenters. The van der Waals surface area contributed by atoms with Crippen LogP contribution < -0.4 is 5.32 Å². The summed E-state index contributed by atoms with van der Waals surface area (Å²) in [5, 5.41) is 11.0. The highest BCUT2D eigenvalue weighted by Gasteiger charge is 2.16. The molecule has 0 fully saturated rings. The lowest BCUT2D eigenvalue weighted by Crippen LogP contribution is -2.32.